The molecule has 0 saturated carbocycles. The van der Waals surface area contributed by atoms with Crippen LogP contribution in [0.25, 0.3) is 54.6 Å². The molecule has 4 heterocycles. The van der Waals surface area contributed by atoms with Crippen molar-refractivity contribution in [3.8, 4) is 16.8 Å². The molecular weight excluding hydrogens is 861 g/mol. The van der Waals surface area contributed by atoms with Gasteiger partial charge in [0.25, 0.3) is 0 Å². The van der Waals surface area contributed by atoms with Crippen molar-refractivity contribution in [2.45, 2.75) is 75.9 Å². The Bertz CT molecular complexity index is 2110. The predicted molar refractivity (Wildman–Crippen MR) is 230 cm³/mol. The van der Waals surface area contributed by atoms with Crippen LogP contribution in [0.3, 0.4) is 0 Å². The van der Waals surface area contributed by atoms with E-state index in [2.05, 4.69) is 143 Å². The topological polar surface area (TPSA) is 47.2 Å². The number of para-hydroxylation sites is 2. The van der Waals surface area contributed by atoms with Gasteiger partial charge in [-0.3, -0.25) is 0 Å². The Balaban J connectivity index is 0.000000157. The number of aromatic nitrogens is 1. The largest absolute Gasteiger partial charge is 0.657 e. The number of nitrogens with zero attached hydrogens (tertiary/aromatic N) is 4. The van der Waals surface area contributed by atoms with Gasteiger partial charge in [-0.05, 0) is 24.3 Å². The van der Waals surface area contributed by atoms with Crippen LogP contribution in [-0.2, 0) is 20.1 Å². The molecule has 3 aliphatic rings. The summed E-state index contributed by atoms with van der Waals surface area (Å²) in [5.41, 5.74) is 9.92. The van der Waals surface area contributed by atoms with Gasteiger partial charge < -0.3 is 20.5 Å². The second-order valence-corrected chi connectivity index (χ2v) is 14.8. The van der Waals surface area contributed by atoms with Gasteiger partial charge in [0.15, 0.2) is 0 Å². The van der Waals surface area contributed by atoms with Crippen molar-refractivity contribution in [3.63, 3.8) is 0 Å². The van der Waals surface area contributed by atoms with Crippen molar-refractivity contribution >= 4 is 21.8 Å². The summed E-state index contributed by atoms with van der Waals surface area (Å²) < 4.78 is 2.36. The summed E-state index contributed by atoms with van der Waals surface area (Å²) >= 11 is 0. The fourth-order valence-corrected chi connectivity index (χ4v) is 8.30. The maximum atomic E-state index is 4.88. The number of rotatable bonds is 5. The van der Waals surface area contributed by atoms with Gasteiger partial charge in [0, 0.05) is 36.6 Å². The quantitative estimate of drug-likeness (QED) is 0.155. The maximum absolute atomic E-state index is 4.88. The molecule has 6 aromatic carbocycles. The van der Waals surface area contributed by atoms with Crippen molar-refractivity contribution in [3.05, 3.63) is 190 Å². The molecule has 5 heteroatoms. The predicted octanol–water partition coefficient (Wildman–Crippen LogP) is 14.0. The first kappa shape index (κ1) is 39.9. The zero-order valence-electron chi connectivity index (χ0n) is 32.1. The SMILES string of the molecule is [Ir].[c-]1cccc(-c2ccc(-n3c4ccccc4c4ccccc43)cc2)c1C1CCCC[N-]1.[c-]1ccccc1C1CCCC[N-]1.[c-]1ccccc1C1CCCC[N-]1. The Morgan fingerprint density at radius 3 is 1.41 bits per heavy atom. The number of fused-ring (bicyclic) bond motifs is 3. The summed E-state index contributed by atoms with van der Waals surface area (Å²) in [7, 11) is 0. The monoisotopic (exact) mass is 911 g/mol. The molecule has 0 N–H and O–H groups in total. The molecule has 0 aliphatic carbocycles. The van der Waals surface area contributed by atoms with E-state index in [1.54, 1.807) is 0 Å². The van der Waals surface area contributed by atoms with Crippen molar-refractivity contribution in [2.24, 2.45) is 0 Å². The molecule has 56 heavy (non-hydrogen) atoms. The molecular formula is C51H50IrN4-6. The van der Waals surface area contributed by atoms with E-state index < -0.39 is 0 Å². The van der Waals surface area contributed by atoms with Crippen LogP contribution in [-0.4, -0.2) is 24.2 Å². The number of benzene rings is 6. The molecule has 1 aromatic heterocycles. The molecule has 3 atom stereocenters. The van der Waals surface area contributed by atoms with Crippen LogP contribution in [0.1, 0.15) is 92.6 Å². The first-order valence-electron chi connectivity index (χ1n) is 20.4. The van der Waals surface area contributed by atoms with Gasteiger partial charge >= 0.3 is 0 Å². The Morgan fingerprint density at radius 2 is 0.929 bits per heavy atom. The molecule has 4 nitrogen and oxygen atoms in total. The smallest absolute Gasteiger partial charge is 0.0541 e. The number of hydrogen-bond acceptors (Lipinski definition) is 0. The third-order valence-corrected chi connectivity index (χ3v) is 11.1. The molecule has 289 valence electrons. The van der Waals surface area contributed by atoms with E-state index in [-0.39, 0.29) is 26.1 Å². The molecule has 3 unspecified atom stereocenters. The van der Waals surface area contributed by atoms with Gasteiger partial charge in [-0.25, -0.2) is 0 Å². The van der Waals surface area contributed by atoms with Crippen LogP contribution in [0.15, 0.2) is 140 Å². The first-order chi connectivity index (χ1) is 27.3. The average molecular weight is 911 g/mol. The summed E-state index contributed by atoms with van der Waals surface area (Å²) in [4.78, 5) is 0. The fourth-order valence-electron chi connectivity index (χ4n) is 8.30. The minimum absolute atomic E-state index is 0. The number of piperidine rings is 3. The van der Waals surface area contributed by atoms with Crippen molar-refractivity contribution < 1.29 is 20.1 Å². The summed E-state index contributed by atoms with van der Waals surface area (Å²) in [6, 6.07) is 60.1. The van der Waals surface area contributed by atoms with Gasteiger partial charge in [-0.2, -0.15) is 102 Å². The van der Waals surface area contributed by atoms with Gasteiger partial charge in [0.2, 0.25) is 0 Å². The van der Waals surface area contributed by atoms with Crippen molar-refractivity contribution in [1.82, 2.24) is 4.57 Å². The fraction of sp³-hybridized carbons (Fsp3) is 0.294. The second kappa shape index (κ2) is 20.2. The van der Waals surface area contributed by atoms with Crippen molar-refractivity contribution in [2.75, 3.05) is 19.6 Å². The number of hydrogen-bond donors (Lipinski definition) is 0. The summed E-state index contributed by atoms with van der Waals surface area (Å²) in [5, 5.41) is 16.6. The standard InChI is InChI=1S/C29H24N2.2C11H13N.Ir/c1-2-10-24(27-13-7-8-20-30-27)23(9-1)21-16-18-22(19-17-21)31-28-14-5-3-11-25(28)26-12-4-6-15-29(26)31;2*1-2-6-10(7-3-1)11-8-4-5-9-12-11;/h1-6,9,11-12,14-19,27H,7-8,13,20H2;2*1-3,6,11H,4-5,8-9H2;/q3*-2;. The zero-order valence-corrected chi connectivity index (χ0v) is 34.5. The van der Waals surface area contributed by atoms with Crippen LogP contribution in [0.5, 0.6) is 0 Å². The summed E-state index contributed by atoms with van der Waals surface area (Å²) in [6.07, 6.45) is 11.2. The Hall–Kier alpha value is -4.35. The van der Waals surface area contributed by atoms with Crippen LogP contribution in [0.4, 0.5) is 0 Å². The van der Waals surface area contributed by atoms with E-state index in [1.165, 1.54) is 107 Å². The summed E-state index contributed by atoms with van der Waals surface area (Å²) in [5.74, 6) is 0. The van der Waals surface area contributed by atoms with E-state index in [9.17, 15) is 0 Å². The Labute approximate surface area is 347 Å². The molecule has 0 spiro atoms. The molecule has 1 radical (unpaired) electrons. The van der Waals surface area contributed by atoms with E-state index >= 15 is 0 Å². The minimum atomic E-state index is 0. The van der Waals surface area contributed by atoms with Crippen LogP contribution in [0, 0.1) is 18.2 Å². The third kappa shape index (κ3) is 9.60. The normalized spacial score (nSPS) is 19.5. The summed E-state index contributed by atoms with van der Waals surface area (Å²) in [6.45, 7) is 3.04. The zero-order chi connectivity index (χ0) is 37.1. The van der Waals surface area contributed by atoms with Crippen molar-refractivity contribution in [1.29, 1.82) is 0 Å². The van der Waals surface area contributed by atoms with Crippen LogP contribution >= 0.6 is 0 Å². The van der Waals surface area contributed by atoms with E-state index in [0.29, 0.717) is 12.1 Å². The van der Waals surface area contributed by atoms with Gasteiger partial charge in [0.05, 0.1) is 11.0 Å². The first-order valence-corrected chi connectivity index (χ1v) is 20.4. The minimum Gasteiger partial charge on any atom is -0.657 e. The molecule has 3 saturated heterocycles. The van der Waals surface area contributed by atoms with Gasteiger partial charge in [0.1, 0.15) is 0 Å². The maximum Gasteiger partial charge on any atom is 0.0541 e. The molecule has 3 fully saturated rings. The Morgan fingerprint density at radius 1 is 0.446 bits per heavy atom. The van der Waals surface area contributed by atoms with E-state index in [0.717, 1.165) is 26.1 Å². The molecule has 3 aliphatic heterocycles. The second-order valence-electron chi connectivity index (χ2n) is 14.8. The van der Waals surface area contributed by atoms with E-state index in [1.807, 2.05) is 30.3 Å². The molecule has 0 amide bonds. The van der Waals surface area contributed by atoms with Gasteiger partial charge in [-0.1, -0.05) is 112 Å². The van der Waals surface area contributed by atoms with Gasteiger partial charge in [-0.15, -0.1) is 43.3 Å². The average Bonchev–Trinajstić information content (AvgIpc) is 3.63. The van der Waals surface area contributed by atoms with Crippen LogP contribution < -0.4 is 0 Å². The van der Waals surface area contributed by atoms with E-state index in [4.69, 9.17) is 5.32 Å². The molecule has 0 bridgehead atoms. The molecule has 7 aromatic rings. The third-order valence-electron chi connectivity index (χ3n) is 11.1. The van der Waals surface area contributed by atoms with Crippen LogP contribution in [0.2, 0.25) is 0 Å². The Kier molecular flexibility index (Phi) is 14.4. The molecule has 10 rings (SSSR count).